The van der Waals surface area contributed by atoms with Crippen LogP contribution in [0.4, 0.5) is 0 Å². The summed E-state index contributed by atoms with van der Waals surface area (Å²) in [5.74, 6) is 0.605. The van der Waals surface area contributed by atoms with Crippen molar-refractivity contribution in [3.63, 3.8) is 0 Å². The molecule has 0 aliphatic rings. The van der Waals surface area contributed by atoms with Crippen LogP contribution in [-0.2, 0) is 6.42 Å². The summed E-state index contributed by atoms with van der Waals surface area (Å²) in [6, 6.07) is 18.3. The number of hydrogen-bond acceptors (Lipinski definition) is 3. The number of benzene rings is 2. The molecule has 0 N–H and O–H groups in total. The van der Waals surface area contributed by atoms with E-state index in [0.29, 0.717) is 12.5 Å². The number of ether oxygens (including phenoxy) is 1. The second-order valence-corrected chi connectivity index (χ2v) is 4.99. The third-order valence-corrected chi connectivity index (χ3v) is 3.38. The summed E-state index contributed by atoms with van der Waals surface area (Å²) in [5, 5.41) is 0. The van der Waals surface area contributed by atoms with E-state index in [9.17, 15) is 0 Å². The van der Waals surface area contributed by atoms with E-state index in [1.54, 1.807) is 6.20 Å². The third kappa shape index (κ3) is 3.78. The molecule has 0 unspecified atom stereocenters. The highest BCUT2D eigenvalue weighted by molar-refractivity contribution is 5.73. The molecular weight excluding hydrogens is 260 g/mol. The van der Waals surface area contributed by atoms with E-state index in [4.69, 9.17) is 4.74 Å². The quantitative estimate of drug-likeness (QED) is 0.638. The van der Waals surface area contributed by atoms with E-state index in [1.165, 1.54) is 5.56 Å². The van der Waals surface area contributed by atoms with Crippen LogP contribution in [0.25, 0.3) is 11.0 Å². The fraction of sp³-hybridized carbons (Fsp3) is 0.222. The van der Waals surface area contributed by atoms with Gasteiger partial charge in [-0.25, -0.2) is 9.97 Å². The number of para-hydroxylation sites is 2. The maximum absolute atomic E-state index is 5.68. The first-order valence-electron chi connectivity index (χ1n) is 7.30. The molecule has 0 bridgehead atoms. The average Bonchev–Trinajstić information content (AvgIpc) is 2.55. The number of aryl methyl sites for hydroxylation is 1. The van der Waals surface area contributed by atoms with E-state index in [-0.39, 0.29) is 0 Å². The number of aromatic nitrogens is 2. The zero-order chi connectivity index (χ0) is 14.3. The topological polar surface area (TPSA) is 35.0 Å². The number of hydrogen-bond donors (Lipinski definition) is 0. The summed E-state index contributed by atoms with van der Waals surface area (Å²) < 4.78 is 5.68. The zero-order valence-electron chi connectivity index (χ0n) is 11.9. The molecule has 0 fully saturated rings. The van der Waals surface area contributed by atoms with E-state index in [0.717, 1.165) is 30.3 Å². The van der Waals surface area contributed by atoms with E-state index >= 15 is 0 Å². The smallest absolute Gasteiger partial charge is 0.232 e. The van der Waals surface area contributed by atoms with Gasteiger partial charge in [-0.15, -0.1) is 0 Å². The van der Waals surface area contributed by atoms with Crippen molar-refractivity contribution in [3.8, 4) is 5.88 Å². The fourth-order valence-corrected chi connectivity index (χ4v) is 2.26. The van der Waals surface area contributed by atoms with Crippen LogP contribution >= 0.6 is 0 Å². The lowest BCUT2D eigenvalue weighted by Gasteiger charge is -2.06. The molecule has 0 atom stereocenters. The Morgan fingerprint density at radius 1 is 0.810 bits per heavy atom. The van der Waals surface area contributed by atoms with Crippen molar-refractivity contribution in [1.29, 1.82) is 0 Å². The lowest BCUT2D eigenvalue weighted by atomic mass is 10.1. The SMILES string of the molecule is c1ccc(CCCCOc2cnc3ccccc3n2)cc1. The largest absolute Gasteiger partial charge is 0.477 e. The van der Waals surface area contributed by atoms with Crippen LogP contribution in [0.15, 0.2) is 60.8 Å². The summed E-state index contributed by atoms with van der Waals surface area (Å²) in [5.41, 5.74) is 3.15. The second kappa shape index (κ2) is 6.84. The van der Waals surface area contributed by atoms with Crippen LogP contribution in [0.1, 0.15) is 18.4 Å². The van der Waals surface area contributed by atoms with Crippen LogP contribution in [0.3, 0.4) is 0 Å². The summed E-state index contributed by atoms with van der Waals surface area (Å²) in [4.78, 5) is 8.79. The van der Waals surface area contributed by atoms with Crippen molar-refractivity contribution in [2.75, 3.05) is 6.61 Å². The number of fused-ring (bicyclic) bond motifs is 1. The Morgan fingerprint density at radius 2 is 1.57 bits per heavy atom. The molecule has 3 rings (SSSR count). The Bertz CT molecular complexity index is 698. The van der Waals surface area contributed by atoms with Gasteiger partial charge < -0.3 is 4.74 Å². The van der Waals surface area contributed by atoms with Crippen molar-refractivity contribution < 1.29 is 4.74 Å². The van der Waals surface area contributed by atoms with Crippen LogP contribution in [0.5, 0.6) is 5.88 Å². The molecule has 1 heterocycles. The minimum absolute atomic E-state index is 0.605. The summed E-state index contributed by atoms with van der Waals surface area (Å²) >= 11 is 0. The minimum atomic E-state index is 0.605. The molecule has 3 nitrogen and oxygen atoms in total. The van der Waals surface area contributed by atoms with Crippen LogP contribution < -0.4 is 4.74 Å². The number of unbranched alkanes of at least 4 members (excludes halogenated alkanes) is 1. The predicted molar refractivity (Wildman–Crippen MR) is 84.4 cm³/mol. The molecule has 3 heteroatoms. The zero-order valence-corrected chi connectivity index (χ0v) is 11.9. The Morgan fingerprint density at radius 3 is 2.43 bits per heavy atom. The average molecular weight is 278 g/mol. The highest BCUT2D eigenvalue weighted by Gasteiger charge is 2.00. The van der Waals surface area contributed by atoms with Gasteiger partial charge in [-0.2, -0.15) is 0 Å². The minimum Gasteiger partial charge on any atom is -0.477 e. The molecular formula is C18H18N2O. The Balaban J connectivity index is 1.46. The molecule has 106 valence electrons. The van der Waals surface area contributed by atoms with Crippen molar-refractivity contribution in [2.24, 2.45) is 0 Å². The molecule has 0 aliphatic carbocycles. The molecule has 0 radical (unpaired) electrons. The maximum atomic E-state index is 5.68. The maximum Gasteiger partial charge on any atom is 0.232 e. The fourth-order valence-electron chi connectivity index (χ4n) is 2.26. The summed E-state index contributed by atoms with van der Waals surface area (Å²) in [7, 11) is 0. The molecule has 0 amide bonds. The third-order valence-electron chi connectivity index (χ3n) is 3.38. The van der Waals surface area contributed by atoms with E-state index in [2.05, 4.69) is 34.2 Å². The standard InChI is InChI=1S/C18H18N2O/c1-2-8-15(9-3-1)10-6-7-13-21-18-14-19-16-11-4-5-12-17(16)20-18/h1-5,8-9,11-12,14H,6-7,10,13H2. The van der Waals surface area contributed by atoms with Gasteiger partial charge in [0.05, 0.1) is 23.8 Å². The molecule has 0 saturated heterocycles. The van der Waals surface area contributed by atoms with Gasteiger partial charge in [0.15, 0.2) is 0 Å². The monoisotopic (exact) mass is 278 g/mol. The highest BCUT2D eigenvalue weighted by atomic mass is 16.5. The van der Waals surface area contributed by atoms with Gasteiger partial charge in [-0.3, -0.25) is 0 Å². The van der Waals surface area contributed by atoms with Gasteiger partial charge in [0.2, 0.25) is 5.88 Å². The van der Waals surface area contributed by atoms with Crippen LogP contribution in [0.2, 0.25) is 0 Å². The molecule has 0 aliphatic heterocycles. The summed E-state index contributed by atoms with van der Waals surface area (Å²) in [6.07, 6.45) is 4.92. The van der Waals surface area contributed by atoms with Crippen molar-refractivity contribution >= 4 is 11.0 Å². The van der Waals surface area contributed by atoms with Gasteiger partial charge in [0.25, 0.3) is 0 Å². The number of rotatable bonds is 6. The first-order valence-corrected chi connectivity index (χ1v) is 7.30. The Hall–Kier alpha value is -2.42. The molecule has 21 heavy (non-hydrogen) atoms. The first-order chi connectivity index (χ1) is 10.4. The normalized spacial score (nSPS) is 10.7. The molecule has 0 saturated carbocycles. The Labute approximate surface area is 124 Å². The molecule has 3 aromatic rings. The van der Waals surface area contributed by atoms with E-state index in [1.807, 2.05) is 30.3 Å². The van der Waals surface area contributed by atoms with Crippen molar-refractivity contribution in [3.05, 3.63) is 66.4 Å². The van der Waals surface area contributed by atoms with Crippen LogP contribution in [0, 0.1) is 0 Å². The predicted octanol–water partition coefficient (Wildman–Crippen LogP) is 4.03. The van der Waals surface area contributed by atoms with Crippen LogP contribution in [-0.4, -0.2) is 16.6 Å². The highest BCUT2D eigenvalue weighted by Crippen LogP contribution is 2.13. The van der Waals surface area contributed by atoms with Crippen molar-refractivity contribution in [1.82, 2.24) is 9.97 Å². The lowest BCUT2D eigenvalue weighted by Crippen LogP contribution is -2.00. The Kier molecular flexibility index (Phi) is 4.42. The first kappa shape index (κ1) is 13.6. The lowest BCUT2D eigenvalue weighted by molar-refractivity contribution is 0.295. The van der Waals surface area contributed by atoms with Crippen molar-refractivity contribution in [2.45, 2.75) is 19.3 Å². The van der Waals surface area contributed by atoms with Gasteiger partial charge in [0, 0.05) is 0 Å². The molecule has 2 aromatic carbocycles. The van der Waals surface area contributed by atoms with E-state index < -0.39 is 0 Å². The molecule has 1 aromatic heterocycles. The van der Waals surface area contributed by atoms with Gasteiger partial charge in [-0.05, 0) is 37.0 Å². The number of nitrogens with zero attached hydrogens (tertiary/aromatic N) is 2. The summed E-state index contributed by atoms with van der Waals surface area (Å²) in [6.45, 7) is 0.680. The second-order valence-electron chi connectivity index (χ2n) is 4.99. The van der Waals surface area contributed by atoms with Gasteiger partial charge in [0.1, 0.15) is 0 Å². The van der Waals surface area contributed by atoms with Gasteiger partial charge >= 0.3 is 0 Å². The van der Waals surface area contributed by atoms with Gasteiger partial charge in [-0.1, -0.05) is 42.5 Å². The molecule has 0 spiro atoms.